The molecule has 0 radical (unpaired) electrons. The van der Waals surface area contributed by atoms with Gasteiger partial charge >= 0.3 is 5.97 Å². The zero-order valence-electron chi connectivity index (χ0n) is 8.89. The van der Waals surface area contributed by atoms with Crippen LogP contribution >= 0.6 is 0 Å². The van der Waals surface area contributed by atoms with E-state index in [1.165, 1.54) is 0 Å². The van der Waals surface area contributed by atoms with E-state index in [1.54, 1.807) is 6.92 Å². The van der Waals surface area contributed by atoms with Gasteiger partial charge in [-0.2, -0.15) is 0 Å². The Morgan fingerprint density at radius 2 is 1.92 bits per heavy atom. The highest BCUT2D eigenvalue weighted by molar-refractivity contribution is 5.89. The monoisotopic (exact) mass is 185 g/mol. The van der Waals surface area contributed by atoms with Crippen molar-refractivity contribution in [3.8, 4) is 0 Å². The standard InChI is InChI=1S/C10H19NO2/c1-5-7(3)9(6-2)10(12)13-8(4)11/h8H,5-6,11H2,1-4H3/b9-7+. The molecule has 76 valence electrons. The van der Waals surface area contributed by atoms with Crippen LogP contribution in [0, 0.1) is 0 Å². The predicted octanol–water partition coefficient (Wildman–Crippen LogP) is 1.97. The average molecular weight is 185 g/mol. The number of carbonyl (C=O) groups is 1. The van der Waals surface area contributed by atoms with Gasteiger partial charge in [0.2, 0.25) is 0 Å². The van der Waals surface area contributed by atoms with E-state index in [-0.39, 0.29) is 5.97 Å². The summed E-state index contributed by atoms with van der Waals surface area (Å²) >= 11 is 0. The summed E-state index contributed by atoms with van der Waals surface area (Å²) in [7, 11) is 0. The number of esters is 1. The van der Waals surface area contributed by atoms with Crippen LogP contribution < -0.4 is 5.73 Å². The zero-order chi connectivity index (χ0) is 10.4. The van der Waals surface area contributed by atoms with Crippen molar-refractivity contribution < 1.29 is 9.53 Å². The minimum Gasteiger partial charge on any atom is -0.444 e. The van der Waals surface area contributed by atoms with Gasteiger partial charge in [0.15, 0.2) is 0 Å². The van der Waals surface area contributed by atoms with E-state index in [2.05, 4.69) is 0 Å². The summed E-state index contributed by atoms with van der Waals surface area (Å²) in [5.41, 5.74) is 7.19. The van der Waals surface area contributed by atoms with Gasteiger partial charge in [0.05, 0.1) is 0 Å². The Balaban J connectivity index is 4.50. The molecule has 1 unspecified atom stereocenters. The first-order chi connectivity index (χ1) is 6.02. The first-order valence-electron chi connectivity index (χ1n) is 4.68. The Kier molecular flexibility index (Phi) is 5.39. The van der Waals surface area contributed by atoms with Gasteiger partial charge in [-0.3, -0.25) is 5.73 Å². The highest BCUT2D eigenvalue weighted by atomic mass is 16.6. The highest BCUT2D eigenvalue weighted by Crippen LogP contribution is 2.13. The summed E-state index contributed by atoms with van der Waals surface area (Å²) < 4.78 is 4.91. The van der Waals surface area contributed by atoms with Gasteiger partial charge in [-0.25, -0.2) is 4.79 Å². The summed E-state index contributed by atoms with van der Waals surface area (Å²) in [5, 5.41) is 0. The second-order valence-corrected chi connectivity index (χ2v) is 3.08. The second-order valence-electron chi connectivity index (χ2n) is 3.08. The maximum absolute atomic E-state index is 11.4. The molecule has 0 aliphatic rings. The molecule has 0 amide bonds. The minimum atomic E-state index is -0.529. The Bertz CT molecular complexity index is 207. The molecule has 0 rings (SSSR count). The Morgan fingerprint density at radius 1 is 1.38 bits per heavy atom. The van der Waals surface area contributed by atoms with Gasteiger partial charge in [-0.1, -0.05) is 19.4 Å². The van der Waals surface area contributed by atoms with Gasteiger partial charge in [-0.05, 0) is 26.7 Å². The maximum atomic E-state index is 11.4. The van der Waals surface area contributed by atoms with Crippen LogP contribution in [-0.4, -0.2) is 12.2 Å². The maximum Gasteiger partial charge on any atom is 0.335 e. The molecule has 0 saturated heterocycles. The molecule has 3 heteroatoms. The van der Waals surface area contributed by atoms with Crippen LogP contribution in [0.2, 0.25) is 0 Å². The van der Waals surface area contributed by atoms with E-state index in [1.807, 2.05) is 20.8 Å². The topological polar surface area (TPSA) is 52.3 Å². The first-order valence-corrected chi connectivity index (χ1v) is 4.68. The summed E-state index contributed by atoms with van der Waals surface area (Å²) in [5.74, 6) is -0.281. The number of ether oxygens (including phenoxy) is 1. The van der Waals surface area contributed by atoms with Crippen molar-refractivity contribution in [3.63, 3.8) is 0 Å². The van der Waals surface area contributed by atoms with Crippen molar-refractivity contribution >= 4 is 5.97 Å². The molecular formula is C10H19NO2. The first kappa shape index (κ1) is 12.2. The van der Waals surface area contributed by atoms with E-state index in [4.69, 9.17) is 10.5 Å². The molecular weight excluding hydrogens is 166 g/mol. The van der Waals surface area contributed by atoms with Gasteiger partial charge < -0.3 is 4.74 Å². The molecule has 0 heterocycles. The molecule has 0 spiro atoms. The number of rotatable bonds is 4. The molecule has 0 bridgehead atoms. The molecule has 0 saturated carbocycles. The van der Waals surface area contributed by atoms with Crippen molar-refractivity contribution in [2.24, 2.45) is 5.73 Å². The van der Waals surface area contributed by atoms with E-state index < -0.39 is 6.23 Å². The molecule has 0 aromatic rings. The summed E-state index contributed by atoms with van der Waals surface area (Å²) in [6.07, 6.45) is 1.04. The molecule has 0 aromatic heterocycles. The van der Waals surface area contributed by atoms with E-state index >= 15 is 0 Å². The molecule has 0 fully saturated rings. The van der Waals surface area contributed by atoms with Gasteiger partial charge in [-0.15, -0.1) is 0 Å². The van der Waals surface area contributed by atoms with E-state index in [0.29, 0.717) is 6.42 Å². The normalized spacial score (nSPS) is 14.8. The van der Waals surface area contributed by atoms with E-state index in [9.17, 15) is 4.79 Å². The molecule has 2 N–H and O–H groups in total. The van der Waals surface area contributed by atoms with Crippen LogP contribution in [0.15, 0.2) is 11.1 Å². The molecule has 0 aliphatic carbocycles. The summed E-state index contributed by atoms with van der Waals surface area (Å²) in [4.78, 5) is 11.4. The molecule has 3 nitrogen and oxygen atoms in total. The Morgan fingerprint density at radius 3 is 2.23 bits per heavy atom. The minimum absolute atomic E-state index is 0.281. The number of hydrogen-bond acceptors (Lipinski definition) is 3. The summed E-state index contributed by atoms with van der Waals surface area (Å²) in [6.45, 7) is 7.55. The number of hydrogen-bond donors (Lipinski definition) is 1. The molecule has 0 aromatic carbocycles. The highest BCUT2D eigenvalue weighted by Gasteiger charge is 2.12. The molecule has 1 atom stereocenters. The number of nitrogens with two attached hydrogens (primary N) is 1. The SMILES string of the molecule is CC/C(C)=C(\CC)C(=O)OC(C)N. The van der Waals surface area contributed by atoms with E-state index in [0.717, 1.165) is 17.6 Å². The summed E-state index contributed by atoms with van der Waals surface area (Å²) in [6, 6.07) is 0. The van der Waals surface area contributed by atoms with Crippen LogP contribution in [0.25, 0.3) is 0 Å². The van der Waals surface area contributed by atoms with Crippen molar-refractivity contribution in [1.82, 2.24) is 0 Å². The lowest BCUT2D eigenvalue weighted by atomic mass is 10.1. The van der Waals surface area contributed by atoms with Crippen LogP contribution in [0.3, 0.4) is 0 Å². The third kappa shape index (κ3) is 4.08. The van der Waals surface area contributed by atoms with Crippen LogP contribution in [-0.2, 0) is 9.53 Å². The Labute approximate surface area is 79.9 Å². The zero-order valence-corrected chi connectivity index (χ0v) is 8.89. The predicted molar refractivity (Wildman–Crippen MR) is 53.0 cm³/mol. The largest absolute Gasteiger partial charge is 0.444 e. The van der Waals surface area contributed by atoms with Crippen LogP contribution in [0.1, 0.15) is 40.5 Å². The Hall–Kier alpha value is -0.830. The molecule has 0 aliphatic heterocycles. The van der Waals surface area contributed by atoms with Gasteiger partial charge in [0.25, 0.3) is 0 Å². The third-order valence-electron chi connectivity index (χ3n) is 1.94. The fourth-order valence-corrected chi connectivity index (χ4v) is 1.07. The fourth-order valence-electron chi connectivity index (χ4n) is 1.07. The lowest BCUT2D eigenvalue weighted by Crippen LogP contribution is -2.24. The van der Waals surface area contributed by atoms with Crippen molar-refractivity contribution in [2.45, 2.75) is 46.8 Å². The van der Waals surface area contributed by atoms with Gasteiger partial charge in [0, 0.05) is 5.57 Å². The third-order valence-corrected chi connectivity index (χ3v) is 1.94. The van der Waals surface area contributed by atoms with Crippen LogP contribution in [0.4, 0.5) is 0 Å². The lowest BCUT2D eigenvalue weighted by Gasteiger charge is -2.11. The second kappa shape index (κ2) is 5.75. The molecule has 13 heavy (non-hydrogen) atoms. The van der Waals surface area contributed by atoms with Crippen LogP contribution in [0.5, 0.6) is 0 Å². The van der Waals surface area contributed by atoms with Gasteiger partial charge in [0.1, 0.15) is 6.23 Å². The van der Waals surface area contributed by atoms with Crippen molar-refractivity contribution in [2.75, 3.05) is 0 Å². The quantitative estimate of drug-likeness (QED) is 0.414. The smallest absolute Gasteiger partial charge is 0.335 e. The number of allylic oxidation sites excluding steroid dienone is 1. The van der Waals surface area contributed by atoms with Crippen molar-refractivity contribution in [3.05, 3.63) is 11.1 Å². The lowest BCUT2D eigenvalue weighted by molar-refractivity contribution is -0.143. The number of carbonyl (C=O) groups excluding carboxylic acids is 1. The average Bonchev–Trinajstić information content (AvgIpc) is 2.03. The fraction of sp³-hybridized carbons (Fsp3) is 0.700. The van der Waals surface area contributed by atoms with Crippen molar-refractivity contribution in [1.29, 1.82) is 0 Å².